The van der Waals surface area contributed by atoms with E-state index in [1.54, 1.807) is 0 Å². The standard InChI is InChI=1S/C5H9N5.ClH/c6-4(3-1-2-3)5-7-9-10-8-5;/h3-4H,1-2,6H2,(H,7,8,9,10);1H. The maximum Gasteiger partial charge on any atom is 0.191 e. The molecule has 1 unspecified atom stereocenters. The third-order valence-electron chi connectivity index (χ3n) is 1.79. The van der Waals surface area contributed by atoms with Gasteiger partial charge in [0.25, 0.3) is 0 Å². The van der Waals surface area contributed by atoms with Crippen molar-refractivity contribution in [1.29, 1.82) is 0 Å². The number of nitrogens with one attached hydrogen (secondary N) is 1. The van der Waals surface area contributed by atoms with E-state index in [-0.39, 0.29) is 18.4 Å². The Morgan fingerprint density at radius 2 is 2.27 bits per heavy atom. The average molecular weight is 176 g/mol. The van der Waals surface area contributed by atoms with Crippen molar-refractivity contribution >= 4 is 12.4 Å². The number of aromatic amines is 1. The van der Waals surface area contributed by atoms with E-state index in [2.05, 4.69) is 20.6 Å². The largest absolute Gasteiger partial charge is 0.321 e. The highest BCUT2D eigenvalue weighted by atomic mass is 35.5. The maximum absolute atomic E-state index is 5.76. The zero-order chi connectivity index (χ0) is 6.97. The molecule has 0 radical (unpaired) electrons. The highest BCUT2D eigenvalue weighted by Crippen LogP contribution is 2.37. The SMILES string of the molecule is Cl.NC(c1nn[nH]n1)C1CC1. The number of hydrogen-bond acceptors (Lipinski definition) is 4. The molecule has 1 aliphatic rings. The van der Waals surface area contributed by atoms with E-state index in [0.717, 1.165) is 0 Å². The molecule has 0 bridgehead atoms. The van der Waals surface area contributed by atoms with Crippen LogP contribution < -0.4 is 5.73 Å². The first-order valence-corrected chi connectivity index (χ1v) is 3.37. The Balaban J connectivity index is 0.000000605. The lowest BCUT2D eigenvalue weighted by atomic mass is 10.2. The van der Waals surface area contributed by atoms with Crippen LogP contribution in [-0.4, -0.2) is 20.6 Å². The van der Waals surface area contributed by atoms with Gasteiger partial charge in [0.2, 0.25) is 0 Å². The van der Waals surface area contributed by atoms with E-state index in [9.17, 15) is 0 Å². The predicted octanol–water partition coefficient (Wildman–Crippen LogP) is 0.0313. The van der Waals surface area contributed by atoms with Crippen LogP contribution in [0.15, 0.2) is 0 Å². The topological polar surface area (TPSA) is 80.5 Å². The van der Waals surface area contributed by atoms with Crippen LogP contribution in [-0.2, 0) is 0 Å². The minimum absolute atomic E-state index is 0. The summed E-state index contributed by atoms with van der Waals surface area (Å²) < 4.78 is 0. The summed E-state index contributed by atoms with van der Waals surface area (Å²) in [5.74, 6) is 1.24. The monoisotopic (exact) mass is 175 g/mol. The molecule has 5 nitrogen and oxygen atoms in total. The number of halogens is 1. The van der Waals surface area contributed by atoms with E-state index in [1.807, 2.05) is 0 Å². The zero-order valence-corrected chi connectivity index (χ0v) is 6.71. The normalized spacial score (nSPS) is 19.0. The Kier molecular flexibility index (Phi) is 2.41. The minimum atomic E-state index is -0.00116. The average Bonchev–Trinajstić information content (AvgIpc) is 2.65. The van der Waals surface area contributed by atoms with E-state index < -0.39 is 0 Å². The number of nitrogens with zero attached hydrogens (tertiary/aromatic N) is 3. The molecular formula is C5H10ClN5. The van der Waals surface area contributed by atoms with Crippen LogP contribution in [0.4, 0.5) is 0 Å². The lowest BCUT2D eigenvalue weighted by molar-refractivity contribution is 0.594. The van der Waals surface area contributed by atoms with Gasteiger partial charge in [-0.1, -0.05) is 5.21 Å². The van der Waals surface area contributed by atoms with E-state index >= 15 is 0 Å². The Labute approximate surface area is 70.2 Å². The van der Waals surface area contributed by atoms with Crippen molar-refractivity contribution in [2.24, 2.45) is 11.7 Å². The molecule has 11 heavy (non-hydrogen) atoms. The Morgan fingerprint density at radius 1 is 1.55 bits per heavy atom. The van der Waals surface area contributed by atoms with Crippen molar-refractivity contribution in [2.45, 2.75) is 18.9 Å². The molecule has 1 heterocycles. The quantitative estimate of drug-likeness (QED) is 0.665. The first-order chi connectivity index (χ1) is 4.88. The summed E-state index contributed by atoms with van der Waals surface area (Å²) >= 11 is 0. The summed E-state index contributed by atoms with van der Waals surface area (Å²) in [6.45, 7) is 0. The molecule has 3 N–H and O–H groups in total. The van der Waals surface area contributed by atoms with Crippen LogP contribution in [0.1, 0.15) is 24.7 Å². The zero-order valence-electron chi connectivity index (χ0n) is 5.90. The third-order valence-corrected chi connectivity index (χ3v) is 1.79. The fraction of sp³-hybridized carbons (Fsp3) is 0.800. The minimum Gasteiger partial charge on any atom is -0.321 e. The van der Waals surface area contributed by atoms with Gasteiger partial charge in [0.1, 0.15) is 0 Å². The number of nitrogens with two attached hydrogens (primary N) is 1. The van der Waals surface area contributed by atoms with Crippen LogP contribution in [0.25, 0.3) is 0 Å². The number of hydrogen-bond donors (Lipinski definition) is 2. The highest BCUT2D eigenvalue weighted by Gasteiger charge is 2.31. The number of aromatic nitrogens is 4. The molecule has 1 aromatic rings. The van der Waals surface area contributed by atoms with Crippen LogP contribution in [0, 0.1) is 5.92 Å². The molecule has 1 atom stereocenters. The predicted molar refractivity (Wildman–Crippen MR) is 41.1 cm³/mol. The van der Waals surface area contributed by atoms with Crippen LogP contribution in [0.2, 0.25) is 0 Å². The first-order valence-electron chi connectivity index (χ1n) is 3.37. The molecule has 0 amide bonds. The molecule has 2 rings (SSSR count). The van der Waals surface area contributed by atoms with Gasteiger partial charge in [0.15, 0.2) is 5.82 Å². The smallest absolute Gasteiger partial charge is 0.191 e. The summed E-state index contributed by atoms with van der Waals surface area (Å²) in [5, 5.41) is 13.4. The van der Waals surface area contributed by atoms with E-state index in [1.165, 1.54) is 12.8 Å². The lowest BCUT2D eigenvalue weighted by Crippen LogP contribution is -2.14. The second-order valence-electron chi connectivity index (χ2n) is 2.63. The van der Waals surface area contributed by atoms with Crippen LogP contribution >= 0.6 is 12.4 Å². The summed E-state index contributed by atoms with van der Waals surface area (Å²) in [7, 11) is 0. The second-order valence-corrected chi connectivity index (χ2v) is 2.63. The molecule has 0 spiro atoms. The molecule has 0 aromatic carbocycles. The molecule has 0 aliphatic heterocycles. The number of rotatable bonds is 2. The van der Waals surface area contributed by atoms with Crippen LogP contribution in [0.3, 0.4) is 0 Å². The third kappa shape index (κ3) is 1.66. The van der Waals surface area contributed by atoms with E-state index in [4.69, 9.17) is 5.73 Å². The van der Waals surface area contributed by atoms with Crippen molar-refractivity contribution < 1.29 is 0 Å². The van der Waals surface area contributed by atoms with Crippen molar-refractivity contribution in [2.75, 3.05) is 0 Å². The second kappa shape index (κ2) is 3.15. The summed E-state index contributed by atoms with van der Waals surface area (Å²) in [6, 6.07) is -0.00116. The Morgan fingerprint density at radius 3 is 2.73 bits per heavy atom. The van der Waals surface area contributed by atoms with Crippen LogP contribution in [0.5, 0.6) is 0 Å². The Bertz CT molecular complexity index is 207. The number of H-pyrrole nitrogens is 1. The molecule has 1 aliphatic carbocycles. The van der Waals surface area contributed by atoms with Gasteiger partial charge in [-0.2, -0.15) is 5.21 Å². The fourth-order valence-electron chi connectivity index (χ4n) is 0.977. The van der Waals surface area contributed by atoms with Gasteiger partial charge >= 0.3 is 0 Å². The molecule has 1 fully saturated rings. The van der Waals surface area contributed by atoms with Crippen molar-refractivity contribution in [3.63, 3.8) is 0 Å². The van der Waals surface area contributed by atoms with Gasteiger partial charge in [0.05, 0.1) is 6.04 Å². The number of tetrazole rings is 1. The molecule has 62 valence electrons. The van der Waals surface area contributed by atoms with Gasteiger partial charge in [-0.15, -0.1) is 22.6 Å². The van der Waals surface area contributed by atoms with Gasteiger partial charge in [-0.25, -0.2) is 0 Å². The van der Waals surface area contributed by atoms with Gasteiger partial charge < -0.3 is 5.73 Å². The molecule has 0 saturated heterocycles. The summed E-state index contributed by atoms with van der Waals surface area (Å²) in [5.41, 5.74) is 5.76. The lowest BCUT2D eigenvalue weighted by Gasteiger charge is -2.01. The summed E-state index contributed by atoms with van der Waals surface area (Å²) in [4.78, 5) is 0. The van der Waals surface area contributed by atoms with Crippen molar-refractivity contribution in [1.82, 2.24) is 20.6 Å². The molecule has 6 heteroatoms. The van der Waals surface area contributed by atoms with Gasteiger partial charge in [-0.3, -0.25) is 0 Å². The van der Waals surface area contributed by atoms with Crippen molar-refractivity contribution in [3.05, 3.63) is 5.82 Å². The van der Waals surface area contributed by atoms with E-state index in [0.29, 0.717) is 11.7 Å². The first kappa shape index (κ1) is 8.42. The Hall–Kier alpha value is -0.680. The highest BCUT2D eigenvalue weighted by molar-refractivity contribution is 5.85. The summed E-state index contributed by atoms with van der Waals surface area (Å²) in [6.07, 6.45) is 2.41. The molecule has 1 aromatic heterocycles. The molecule has 1 saturated carbocycles. The molecular weight excluding hydrogens is 166 g/mol. The fourth-order valence-corrected chi connectivity index (χ4v) is 0.977. The van der Waals surface area contributed by atoms with Gasteiger partial charge in [-0.05, 0) is 18.8 Å². The van der Waals surface area contributed by atoms with Crippen molar-refractivity contribution in [3.8, 4) is 0 Å². The van der Waals surface area contributed by atoms with Gasteiger partial charge in [0, 0.05) is 0 Å². The maximum atomic E-state index is 5.76.